The molecule has 2 heterocycles. The number of imidazole rings is 2. The highest BCUT2D eigenvalue weighted by Gasteiger charge is 2.23. The highest BCUT2D eigenvalue weighted by atomic mass is 19.1. The van der Waals surface area contributed by atoms with E-state index < -0.39 is 0 Å². The van der Waals surface area contributed by atoms with Crippen LogP contribution in [0, 0.1) is 11.7 Å². The fourth-order valence-electron chi connectivity index (χ4n) is 2.74. The number of nitrogens with zero attached hydrogens (tertiary/aromatic N) is 3. The second-order valence-electron chi connectivity index (χ2n) is 7.92. The van der Waals surface area contributed by atoms with Crippen molar-refractivity contribution in [1.29, 1.82) is 0 Å². The Hall–Kier alpha value is -2.43. The molecule has 0 spiro atoms. The Labute approximate surface area is 148 Å². The molecule has 4 nitrogen and oxygen atoms in total. The zero-order chi connectivity index (χ0) is 18.2. The highest BCUT2D eigenvalue weighted by Crippen LogP contribution is 2.32. The van der Waals surface area contributed by atoms with Gasteiger partial charge in [-0.15, -0.1) is 0 Å². The first-order chi connectivity index (χ1) is 11.7. The summed E-state index contributed by atoms with van der Waals surface area (Å²) in [5, 5.41) is 0. The van der Waals surface area contributed by atoms with Gasteiger partial charge < -0.3 is 9.55 Å². The molecule has 5 heteroatoms. The first-order valence-electron chi connectivity index (χ1n) is 8.62. The third kappa shape index (κ3) is 3.81. The molecule has 0 aliphatic carbocycles. The van der Waals surface area contributed by atoms with Crippen LogP contribution in [0.5, 0.6) is 0 Å². The van der Waals surface area contributed by atoms with Gasteiger partial charge in [0.25, 0.3) is 0 Å². The normalized spacial score (nSPS) is 12.1. The Kier molecular flexibility index (Phi) is 4.50. The van der Waals surface area contributed by atoms with Gasteiger partial charge in [0.1, 0.15) is 17.3 Å². The van der Waals surface area contributed by atoms with Crippen molar-refractivity contribution in [3.8, 4) is 22.6 Å². The van der Waals surface area contributed by atoms with Crippen molar-refractivity contribution in [2.45, 2.75) is 46.6 Å². The Morgan fingerprint density at radius 1 is 1.16 bits per heavy atom. The van der Waals surface area contributed by atoms with Crippen LogP contribution in [0.3, 0.4) is 0 Å². The summed E-state index contributed by atoms with van der Waals surface area (Å²) >= 11 is 0. The highest BCUT2D eigenvalue weighted by molar-refractivity contribution is 5.76. The summed E-state index contributed by atoms with van der Waals surface area (Å²) in [5.41, 5.74) is 3.29. The third-order valence-electron chi connectivity index (χ3n) is 4.00. The predicted octanol–water partition coefficient (Wildman–Crippen LogP) is 5.03. The zero-order valence-corrected chi connectivity index (χ0v) is 15.5. The molecule has 0 fully saturated rings. The Morgan fingerprint density at radius 2 is 1.84 bits per heavy atom. The molecule has 25 heavy (non-hydrogen) atoms. The number of nitrogens with one attached hydrogen (secondary N) is 1. The molecule has 0 aliphatic rings. The number of benzene rings is 1. The summed E-state index contributed by atoms with van der Waals surface area (Å²) in [6.45, 7) is 11.6. The SMILES string of the molecule is CC(C)Cn1cnc(-c2[nH]c(C(C)(C)C)nc2-c2ccc(F)cc2)c1. The molecule has 0 saturated heterocycles. The minimum atomic E-state index is -0.252. The molecule has 0 bridgehead atoms. The summed E-state index contributed by atoms with van der Waals surface area (Å²) in [6, 6.07) is 6.43. The average Bonchev–Trinajstić information content (AvgIpc) is 3.13. The topological polar surface area (TPSA) is 46.5 Å². The van der Waals surface area contributed by atoms with Crippen molar-refractivity contribution in [1.82, 2.24) is 19.5 Å². The van der Waals surface area contributed by atoms with E-state index in [-0.39, 0.29) is 11.2 Å². The molecular weight excluding hydrogens is 315 g/mol. The van der Waals surface area contributed by atoms with Crippen LogP contribution in [0.15, 0.2) is 36.8 Å². The Morgan fingerprint density at radius 3 is 2.44 bits per heavy atom. The minimum Gasteiger partial charge on any atom is -0.340 e. The average molecular weight is 340 g/mol. The smallest absolute Gasteiger partial charge is 0.123 e. The van der Waals surface area contributed by atoms with Crippen LogP contribution >= 0.6 is 0 Å². The van der Waals surface area contributed by atoms with Crippen LogP contribution in [0.2, 0.25) is 0 Å². The first kappa shape index (κ1) is 17.4. The van der Waals surface area contributed by atoms with Crippen LogP contribution in [0.25, 0.3) is 22.6 Å². The largest absolute Gasteiger partial charge is 0.340 e. The van der Waals surface area contributed by atoms with Crippen molar-refractivity contribution in [2.75, 3.05) is 0 Å². The monoisotopic (exact) mass is 340 g/mol. The van der Waals surface area contributed by atoms with Gasteiger partial charge in [0.2, 0.25) is 0 Å². The lowest BCUT2D eigenvalue weighted by Crippen LogP contribution is -2.13. The van der Waals surface area contributed by atoms with E-state index in [0.29, 0.717) is 5.92 Å². The maximum Gasteiger partial charge on any atom is 0.123 e. The molecule has 132 valence electrons. The number of aromatic nitrogens is 4. The van der Waals surface area contributed by atoms with Crippen molar-refractivity contribution >= 4 is 0 Å². The van der Waals surface area contributed by atoms with Crippen LogP contribution in [0.1, 0.15) is 40.4 Å². The summed E-state index contributed by atoms with van der Waals surface area (Å²) in [5.74, 6) is 1.18. The van der Waals surface area contributed by atoms with Crippen molar-refractivity contribution in [2.24, 2.45) is 5.92 Å². The van der Waals surface area contributed by atoms with E-state index in [1.807, 2.05) is 12.5 Å². The number of H-pyrrole nitrogens is 1. The van der Waals surface area contributed by atoms with Gasteiger partial charge in [0.05, 0.1) is 17.7 Å². The van der Waals surface area contributed by atoms with Crippen LogP contribution < -0.4 is 0 Å². The molecule has 0 amide bonds. The van der Waals surface area contributed by atoms with Gasteiger partial charge in [-0.05, 0) is 30.2 Å². The Balaban J connectivity index is 2.09. The van der Waals surface area contributed by atoms with Crippen LogP contribution in [-0.4, -0.2) is 19.5 Å². The van der Waals surface area contributed by atoms with E-state index in [0.717, 1.165) is 35.0 Å². The van der Waals surface area contributed by atoms with E-state index in [2.05, 4.69) is 49.2 Å². The molecule has 0 radical (unpaired) electrons. The van der Waals surface area contributed by atoms with Gasteiger partial charge in [-0.3, -0.25) is 0 Å². The van der Waals surface area contributed by atoms with Crippen molar-refractivity contribution in [3.63, 3.8) is 0 Å². The van der Waals surface area contributed by atoms with Gasteiger partial charge >= 0.3 is 0 Å². The first-order valence-corrected chi connectivity index (χ1v) is 8.62. The maximum absolute atomic E-state index is 13.3. The zero-order valence-electron chi connectivity index (χ0n) is 15.5. The van der Waals surface area contributed by atoms with Gasteiger partial charge in [-0.2, -0.15) is 0 Å². The van der Waals surface area contributed by atoms with E-state index in [1.165, 1.54) is 12.1 Å². The van der Waals surface area contributed by atoms with E-state index in [9.17, 15) is 4.39 Å². The second-order valence-corrected chi connectivity index (χ2v) is 7.92. The molecule has 0 saturated carbocycles. The number of aromatic amines is 1. The summed E-state index contributed by atoms with van der Waals surface area (Å²) in [7, 11) is 0. The number of halogens is 1. The summed E-state index contributed by atoms with van der Waals surface area (Å²) < 4.78 is 15.4. The lowest BCUT2D eigenvalue weighted by molar-refractivity contribution is 0.523. The van der Waals surface area contributed by atoms with Crippen LogP contribution in [-0.2, 0) is 12.0 Å². The molecule has 3 aromatic rings. The van der Waals surface area contributed by atoms with Gasteiger partial charge in [0.15, 0.2) is 0 Å². The predicted molar refractivity (Wildman–Crippen MR) is 98.7 cm³/mol. The fraction of sp³-hybridized carbons (Fsp3) is 0.400. The number of rotatable bonds is 4. The molecular formula is C20H25FN4. The molecule has 0 aliphatic heterocycles. The molecule has 1 aromatic carbocycles. The summed E-state index contributed by atoms with van der Waals surface area (Å²) in [4.78, 5) is 12.8. The van der Waals surface area contributed by atoms with E-state index in [1.54, 1.807) is 12.1 Å². The van der Waals surface area contributed by atoms with Crippen LogP contribution in [0.4, 0.5) is 4.39 Å². The lowest BCUT2D eigenvalue weighted by atomic mass is 9.96. The number of hydrogen-bond acceptors (Lipinski definition) is 2. The van der Waals surface area contributed by atoms with Crippen molar-refractivity contribution < 1.29 is 4.39 Å². The van der Waals surface area contributed by atoms with Gasteiger partial charge in [0, 0.05) is 23.7 Å². The number of hydrogen-bond donors (Lipinski definition) is 1. The lowest BCUT2D eigenvalue weighted by Gasteiger charge is -2.14. The second kappa shape index (κ2) is 6.47. The molecule has 0 unspecified atom stereocenters. The van der Waals surface area contributed by atoms with E-state index >= 15 is 0 Å². The molecule has 3 rings (SSSR count). The maximum atomic E-state index is 13.3. The minimum absolute atomic E-state index is 0.118. The van der Waals surface area contributed by atoms with Crippen molar-refractivity contribution in [3.05, 3.63) is 48.4 Å². The Bertz CT molecular complexity index is 851. The summed E-state index contributed by atoms with van der Waals surface area (Å²) in [6.07, 6.45) is 3.88. The third-order valence-corrected chi connectivity index (χ3v) is 4.00. The molecule has 0 atom stereocenters. The van der Waals surface area contributed by atoms with Gasteiger partial charge in [-0.25, -0.2) is 14.4 Å². The fourth-order valence-corrected chi connectivity index (χ4v) is 2.74. The standard InChI is InChI=1S/C20H25FN4/c1-13(2)10-25-11-16(22-12-25)18-17(14-6-8-15(21)9-7-14)23-19(24-18)20(3,4)5/h6-9,11-13H,10H2,1-5H3,(H,23,24). The molecule has 1 N–H and O–H groups in total. The quantitative estimate of drug-likeness (QED) is 0.724. The van der Waals surface area contributed by atoms with Gasteiger partial charge in [-0.1, -0.05) is 34.6 Å². The van der Waals surface area contributed by atoms with E-state index in [4.69, 9.17) is 4.98 Å². The molecule has 2 aromatic heterocycles.